The van der Waals surface area contributed by atoms with Crippen LogP contribution in [0.2, 0.25) is 0 Å². The van der Waals surface area contributed by atoms with Crippen molar-refractivity contribution in [1.82, 2.24) is 14.9 Å². The van der Waals surface area contributed by atoms with Gasteiger partial charge in [0.05, 0.1) is 12.3 Å². The topological polar surface area (TPSA) is 87.3 Å². The molecule has 1 saturated heterocycles. The second-order valence-electron chi connectivity index (χ2n) is 7.78. The van der Waals surface area contributed by atoms with Gasteiger partial charge in [0, 0.05) is 42.8 Å². The molecule has 4 rings (SSSR count). The molecule has 156 valence electrons. The predicted octanol–water partition coefficient (Wildman–Crippen LogP) is 3.19. The molecule has 29 heavy (non-hydrogen) atoms. The molecule has 1 aliphatic carbocycles. The van der Waals surface area contributed by atoms with Crippen molar-refractivity contribution >= 4 is 28.6 Å². The first-order valence-electron chi connectivity index (χ1n) is 9.90. The van der Waals surface area contributed by atoms with Crippen LogP contribution in [-0.4, -0.2) is 57.9 Å². The molecule has 7 nitrogen and oxygen atoms in total. The third kappa shape index (κ3) is 3.65. The van der Waals surface area contributed by atoms with Crippen molar-refractivity contribution in [2.75, 3.05) is 18.5 Å². The number of carbonyl (C=O) groups excluding carboxylic acids is 2. The van der Waals surface area contributed by atoms with Crippen LogP contribution in [0.1, 0.15) is 43.5 Å². The van der Waals surface area contributed by atoms with E-state index >= 15 is 0 Å². The fraction of sp³-hybridized carbons (Fsp3) is 0.550. The lowest BCUT2D eigenvalue weighted by atomic mass is 9.97. The fourth-order valence-corrected chi connectivity index (χ4v) is 3.94. The van der Waals surface area contributed by atoms with Gasteiger partial charge >= 0.3 is 5.97 Å². The lowest BCUT2D eigenvalue weighted by Crippen LogP contribution is -2.50. The number of fused-ring (bicyclic) bond motifs is 1. The number of rotatable bonds is 5. The zero-order chi connectivity index (χ0) is 20.8. The standard InChI is InChI=1S/C20H24F2N4O3/c1-3-29-19(28)14-9-24-17-13(6-7-23-17)16(14)25-12-5-4-11(2)26(10-12)18(27)15-8-20(15,21)22/h6-7,9,11-12,15H,3-5,8,10H2,1-2H3,(H2,23,24,25)/t11-,12+,15+/m0/s1. The molecule has 0 spiro atoms. The number of likely N-dealkylation sites (tertiary alicyclic amines) is 1. The Balaban J connectivity index is 1.58. The summed E-state index contributed by atoms with van der Waals surface area (Å²) in [5.41, 5.74) is 1.51. The highest BCUT2D eigenvalue weighted by Crippen LogP contribution is 2.50. The molecule has 0 aromatic carbocycles. The average Bonchev–Trinajstić information content (AvgIpc) is 3.09. The summed E-state index contributed by atoms with van der Waals surface area (Å²) in [6.07, 6.45) is 4.26. The number of amides is 1. The van der Waals surface area contributed by atoms with Crippen LogP contribution in [0.3, 0.4) is 0 Å². The quantitative estimate of drug-likeness (QED) is 0.745. The molecular weight excluding hydrogens is 382 g/mol. The van der Waals surface area contributed by atoms with Crippen molar-refractivity contribution in [2.24, 2.45) is 5.92 Å². The number of aromatic amines is 1. The Morgan fingerprint density at radius 3 is 2.86 bits per heavy atom. The Kier molecular flexibility index (Phi) is 4.92. The Bertz CT molecular complexity index is 945. The maximum Gasteiger partial charge on any atom is 0.341 e. The second kappa shape index (κ2) is 7.27. The van der Waals surface area contributed by atoms with Crippen molar-refractivity contribution in [2.45, 2.75) is 51.1 Å². The molecule has 1 saturated carbocycles. The SMILES string of the molecule is CCOC(=O)c1cnc2[nH]ccc2c1N[C@@H]1CC[C@H](C)N(C(=O)[C@H]2CC2(F)F)C1. The summed E-state index contributed by atoms with van der Waals surface area (Å²) >= 11 is 0. The van der Waals surface area contributed by atoms with Gasteiger partial charge in [-0.1, -0.05) is 0 Å². The van der Waals surface area contributed by atoms with Crippen molar-refractivity contribution < 1.29 is 23.1 Å². The number of ether oxygens (including phenoxy) is 1. The van der Waals surface area contributed by atoms with Crippen LogP contribution in [0.25, 0.3) is 11.0 Å². The zero-order valence-corrected chi connectivity index (χ0v) is 16.4. The Morgan fingerprint density at radius 1 is 1.41 bits per heavy atom. The average molecular weight is 406 g/mol. The Morgan fingerprint density at radius 2 is 2.17 bits per heavy atom. The molecule has 1 aliphatic heterocycles. The summed E-state index contributed by atoms with van der Waals surface area (Å²) in [5, 5.41) is 4.10. The van der Waals surface area contributed by atoms with Crippen molar-refractivity contribution in [3.8, 4) is 0 Å². The highest BCUT2D eigenvalue weighted by atomic mass is 19.3. The highest BCUT2D eigenvalue weighted by Gasteiger charge is 2.62. The van der Waals surface area contributed by atoms with E-state index in [-0.39, 0.29) is 25.1 Å². The van der Waals surface area contributed by atoms with E-state index < -0.39 is 23.7 Å². The van der Waals surface area contributed by atoms with Gasteiger partial charge in [0.1, 0.15) is 17.1 Å². The molecule has 2 aliphatic rings. The maximum absolute atomic E-state index is 13.4. The Hall–Kier alpha value is -2.71. The van der Waals surface area contributed by atoms with E-state index in [2.05, 4.69) is 15.3 Å². The lowest BCUT2D eigenvalue weighted by Gasteiger charge is -2.39. The van der Waals surface area contributed by atoms with Gasteiger partial charge in [0.2, 0.25) is 5.91 Å². The summed E-state index contributed by atoms with van der Waals surface area (Å²) in [7, 11) is 0. The second-order valence-corrected chi connectivity index (χ2v) is 7.78. The monoisotopic (exact) mass is 406 g/mol. The summed E-state index contributed by atoms with van der Waals surface area (Å²) in [4.78, 5) is 33.8. The van der Waals surface area contributed by atoms with Crippen LogP contribution < -0.4 is 5.32 Å². The molecule has 2 aromatic rings. The number of nitrogens with zero attached hydrogens (tertiary/aromatic N) is 2. The normalized spacial score (nSPS) is 25.7. The van der Waals surface area contributed by atoms with Gasteiger partial charge in [-0.3, -0.25) is 4.79 Å². The van der Waals surface area contributed by atoms with E-state index in [1.54, 1.807) is 18.0 Å². The largest absolute Gasteiger partial charge is 0.462 e. The number of anilines is 1. The smallest absolute Gasteiger partial charge is 0.341 e. The van der Waals surface area contributed by atoms with Crippen molar-refractivity contribution in [1.29, 1.82) is 0 Å². The lowest BCUT2D eigenvalue weighted by molar-refractivity contribution is -0.138. The fourth-order valence-electron chi connectivity index (χ4n) is 3.94. The number of H-pyrrole nitrogens is 1. The third-order valence-electron chi connectivity index (χ3n) is 5.72. The molecule has 1 amide bonds. The first-order chi connectivity index (χ1) is 13.8. The van der Waals surface area contributed by atoms with Crippen LogP contribution in [0.15, 0.2) is 18.5 Å². The molecule has 0 bridgehead atoms. The van der Waals surface area contributed by atoms with Gasteiger partial charge in [0.25, 0.3) is 5.92 Å². The summed E-state index contributed by atoms with van der Waals surface area (Å²) < 4.78 is 31.9. The number of piperidine rings is 1. The number of esters is 1. The van der Waals surface area contributed by atoms with Crippen LogP contribution >= 0.6 is 0 Å². The molecule has 3 heterocycles. The van der Waals surface area contributed by atoms with Gasteiger partial charge in [-0.25, -0.2) is 18.6 Å². The minimum Gasteiger partial charge on any atom is -0.462 e. The first-order valence-corrected chi connectivity index (χ1v) is 9.90. The van der Waals surface area contributed by atoms with Crippen molar-refractivity contribution in [3.05, 3.63) is 24.0 Å². The van der Waals surface area contributed by atoms with E-state index in [9.17, 15) is 18.4 Å². The number of pyridine rings is 1. The van der Waals surface area contributed by atoms with E-state index in [1.165, 1.54) is 6.20 Å². The van der Waals surface area contributed by atoms with Crippen LogP contribution in [-0.2, 0) is 9.53 Å². The predicted molar refractivity (Wildman–Crippen MR) is 103 cm³/mol. The molecule has 2 fully saturated rings. The Labute approximate surface area is 166 Å². The molecular formula is C20H24F2N4O3. The third-order valence-corrected chi connectivity index (χ3v) is 5.72. The number of carbonyl (C=O) groups is 2. The summed E-state index contributed by atoms with van der Waals surface area (Å²) in [6.45, 7) is 4.16. The highest BCUT2D eigenvalue weighted by molar-refractivity contribution is 6.04. The minimum atomic E-state index is -2.88. The van der Waals surface area contributed by atoms with Gasteiger partial charge in [-0.05, 0) is 32.8 Å². The van der Waals surface area contributed by atoms with Crippen LogP contribution in [0, 0.1) is 5.92 Å². The number of alkyl halides is 2. The molecule has 2 aromatic heterocycles. The summed E-state index contributed by atoms with van der Waals surface area (Å²) in [5.74, 6) is -5.05. The number of hydrogen-bond acceptors (Lipinski definition) is 5. The van der Waals surface area contributed by atoms with Crippen molar-refractivity contribution in [3.63, 3.8) is 0 Å². The molecule has 9 heteroatoms. The first kappa shape index (κ1) is 19.6. The van der Waals surface area contributed by atoms with Gasteiger partial charge in [0.15, 0.2) is 0 Å². The van der Waals surface area contributed by atoms with E-state index in [4.69, 9.17) is 4.74 Å². The molecule has 0 unspecified atom stereocenters. The summed E-state index contributed by atoms with van der Waals surface area (Å²) in [6, 6.07) is 1.55. The molecule has 2 N–H and O–H groups in total. The molecule has 3 atom stereocenters. The molecule has 0 radical (unpaired) electrons. The minimum absolute atomic E-state index is 0.0915. The van der Waals surface area contributed by atoms with Crippen LogP contribution in [0.4, 0.5) is 14.5 Å². The van der Waals surface area contributed by atoms with E-state index in [0.29, 0.717) is 29.9 Å². The number of nitrogens with one attached hydrogen (secondary N) is 2. The van der Waals surface area contributed by atoms with Crippen LogP contribution in [0.5, 0.6) is 0 Å². The maximum atomic E-state index is 13.4. The van der Waals surface area contributed by atoms with E-state index in [1.807, 2.05) is 13.0 Å². The van der Waals surface area contributed by atoms with Gasteiger partial charge < -0.3 is 19.9 Å². The number of halogens is 2. The number of aromatic nitrogens is 2. The van der Waals surface area contributed by atoms with E-state index in [0.717, 1.165) is 11.8 Å². The van der Waals surface area contributed by atoms with Gasteiger partial charge in [-0.2, -0.15) is 0 Å². The number of hydrogen-bond donors (Lipinski definition) is 2. The zero-order valence-electron chi connectivity index (χ0n) is 16.4. The van der Waals surface area contributed by atoms with Gasteiger partial charge in [-0.15, -0.1) is 0 Å².